The number of ether oxygens (including phenoxy) is 1. The molecule has 86 valence electrons. The molecule has 0 N–H and O–H groups in total. The van der Waals surface area contributed by atoms with Gasteiger partial charge in [0.2, 0.25) is 0 Å². The first-order valence-electron chi connectivity index (χ1n) is 5.51. The number of Topliss-reactive ketones (excluding diaryl/α,β-unsaturated/α-hetero) is 1. The Hall–Kier alpha value is -0.930. The van der Waals surface area contributed by atoms with Crippen molar-refractivity contribution in [3.63, 3.8) is 0 Å². The van der Waals surface area contributed by atoms with Crippen LogP contribution in [0.15, 0.2) is 0 Å². The van der Waals surface area contributed by atoms with Crippen molar-refractivity contribution in [2.45, 2.75) is 45.2 Å². The summed E-state index contributed by atoms with van der Waals surface area (Å²) in [4.78, 5) is 22.5. The monoisotopic (exact) mass is 216 g/mol. The first-order chi connectivity index (χ1) is 7.16. The summed E-state index contributed by atoms with van der Waals surface area (Å²) in [6, 6.07) is 0. The molecule has 1 saturated carbocycles. The van der Waals surface area contributed by atoms with Crippen LogP contribution in [0.5, 0.6) is 0 Å². The van der Waals surface area contributed by atoms with Gasteiger partial charge < -0.3 is 4.74 Å². The molecule has 1 rings (SSSR count). The van der Waals surface area contributed by atoms with Crippen LogP contribution in [-0.2, 0) is 14.3 Å². The van der Waals surface area contributed by atoms with Crippen LogP contribution in [0.1, 0.15) is 39.0 Å². The highest BCUT2D eigenvalue weighted by Crippen LogP contribution is 2.26. The number of esters is 1. The molecule has 0 aromatic heterocycles. The summed E-state index contributed by atoms with van der Waals surface area (Å²) < 4.78 is 17.8. The van der Waals surface area contributed by atoms with Crippen molar-refractivity contribution in [2.24, 2.45) is 5.92 Å². The quantitative estimate of drug-likeness (QED) is 0.533. The molecular formula is C11H17FO3. The van der Waals surface area contributed by atoms with Gasteiger partial charge in [-0.1, -0.05) is 19.3 Å². The average molecular weight is 216 g/mol. The van der Waals surface area contributed by atoms with E-state index in [1.54, 1.807) is 6.92 Å². The predicted molar refractivity (Wildman–Crippen MR) is 53.1 cm³/mol. The van der Waals surface area contributed by atoms with E-state index >= 15 is 0 Å². The highest BCUT2D eigenvalue weighted by molar-refractivity contribution is 6.02. The highest BCUT2D eigenvalue weighted by Gasteiger charge is 2.33. The lowest BCUT2D eigenvalue weighted by atomic mass is 9.85. The number of hydrogen-bond donors (Lipinski definition) is 0. The fourth-order valence-electron chi connectivity index (χ4n) is 1.93. The van der Waals surface area contributed by atoms with Gasteiger partial charge in [-0.3, -0.25) is 4.79 Å². The zero-order chi connectivity index (χ0) is 11.3. The van der Waals surface area contributed by atoms with Crippen molar-refractivity contribution < 1.29 is 18.7 Å². The minimum atomic E-state index is -2.08. The van der Waals surface area contributed by atoms with Crippen LogP contribution in [0.25, 0.3) is 0 Å². The molecule has 0 aliphatic heterocycles. The maximum absolute atomic E-state index is 13.3. The third-order valence-corrected chi connectivity index (χ3v) is 2.75. The Balaban J connectivity index is 2.47. The van der Waals surface area contributed by atoms with Gasteiger partial charge >= 0.3 is 5.97 Å². The van der Waals surface area contributed by atoms with E-state index in [-0.39, 0.29) is 12.5 Å². The van der Waals surface area contributed by atoms with Crippen molar-refractivity contribution in [3.8, 4) is 0 Å². The molecule has 1 aliphatic carbocycles. The molecular weight excluding hydrogens is 199 g/mol. The lowest BCUT2D eigenvalue weighted by molar-refractivity contribution is -0.154. The molecule has 0 radical (unpaired) electrons. The average Bonchev–Trinajstić information content (AvgIpc) is 2.28. The van der Waals surface area contributed by atoms with Crippen molar-refractivity contribution in [1.82, 2.24) is 0 Å². The Morgan fingerprint density at radius 3 is 2.47 bits per heavy atom. The summed E-state index contributed by atoms with van der Waals surface area (Å²) in [7, 11) is 0. The van der Waals surface area contributed by atoms with Crippen molar-refractivity contribution in [1.29, 1.82) is 0 Å². The molecule has 15 heavy (non-hydrogen) atoms. The standard InChI is InChI=1S/C11H17FO3/c1-2-15-11(14)9(12)10(13)8-6-4-3-5-7-8/h8-9H,2-7H2,1H3. The van der Waals surface area contributed by atoms with Crippen LogP contribution in [-0.4, -0.2) is 24.5 Å². The normalized spacial score (nSPS) is 19.6. The summed E-state index contributed by atoms with van der Waals surface area (Å²) in [5.74, 6) is -1.90. The van der Waals surface area contributed by atoms with Crippen molar-refractivity contribution >= 4 is 11.8 Å². The van der Waals surface area contributed by atoms with Gasteiger partial charge in [0.05, 0.1) is 6.61 Å². The van der Waals surface area contributed by atoms with E-state index in [1.165, 1.54) is 0 Å². The van der Waals surface area contributed by atoms with E-state index in [4.69, 9.17) is 0 Å². The van der Waals surface area contributed by atoms with E-state index < -0.39 is 17.9 Å². The summed E-state index contributed by atoms with van der Waals surface area (Å²) in [5, 5.41) is 0. The van der Waals surface area contributed by atoms with Crippen LogP contribution in [0.4, 0.5) is 4.39 Å². The first kappa shape index (κ1) is 12.1. The summed E-state index contributed by atoms with van der Waals surface area (Å²) in [5.41, 5.74) is 0. The molecule has 0 spiro atoms. The highest BCUT2D eigenvalue weighted by atomic mass is 19.1. The Kier molecular flexibility index (Phi) is 4.72. The molecule has 1 unspecified atom stereocenters. The van der Waals surface area contributed by atoms with E-state index in [0.29, 0.717) is 12.8 Å². The van der Waals surface area contributed by atoms with Crippen LogP contribution < -0.4 is 0 Å². The number of halogens is 1. The molecule has 1 aliphatic rings. The Morgan fingerprint density at radius 2 is 1.93 bits per heavy atom. The molecule has 0 aromatic rings. The molecule has 0 heterocycles. The van der Waals surface area contributed by atoms with Crippen LogP contribution in [0, 0.1) is 5.92 Å². The van der Waals surface area contributed by atoms with Crippen molar-refractivity contribution in [2.75, 3.05) is 6.61 Å². The van der Waals surface area contributed by atoms with Gasteiger partial charge in [-0.25, -0.2) is 9.18 Å². The fraction of sp³-hybridized carbons (Fsp3) is 0.818. The zero-order valence-electron chi connectivity index (χ0n) is 9.00. The second-order valence-electron chi connectivity index (χ2n) is 3.85. The second-order valence-corrected chi connectivity index (χ2v) is 3.85. The zero-order valence-corrected chi connectivity index (χ0v) is 9.00. The largest absolute Gasteiger partial charge is 0.463 e. The van der Waals surface area contributed by atoms with Gasteiger partial charge in [0, 0.05) is 5.92 Å². The maximum Gasteiger partial charge on any atom is 0.348 e. The molecule has 0 amide bonds. The molecule has 0 saturated heterocycles. The number of carbonyl (C=O) groups is 2. The number of carbonyl (C=O) groups excluding carboxylic acids is 2. The van der Waals surface area contributed by atoms with Gasteiger partial charge in [0.15, 0.2) is 5.78 Å². The van der Waals surface area contributed by atoms with Crippen LogP contribution in [0.3, 0.4) is 0 Å². The number of alkyl halides is 1. The Morgan fingerprint density at radius 1 is 1.33 bits per heavy atom. The third kappa shape index (κ3) is 3.29. The number of rotatable bonds is 4. The smallest absolute Gasteiger partial charge is 0.348 e. The first-order valence-corrected chi connectivity index (χ1v) is 5.51. The minimum absolute atomic E-state index is 0.108. The second kappa shape index (κ2) is 5.83. The number of hydrogen-bond acceptors (Lipinski definition) is 3. The van der Waals surface area contributed by atoms with Gasteiger partial charge in [0.1, 0.15) is 0 Å². The lowest BCUT2D eigenvalue weighted by Crippen LogP contribution is -2.33. The molecule has 3 nitrogen and oxygen atoms in total. The van der Waals surface area contributed by atoms with Crippen LogP contribution >= 0.6 is 0 Å². The molecule has 0 bridgehead atoms. The topological polar surface area (TPSA) is 43.4 Å². The lowest BCUT2D eigenvalue weighted by Gasteiger charge is -2.21. The van der Waals surface area contributed by atoms with Crippen molar-refractivity contribution in [3.05, 3.63) is 0 Å². The van der Waals surface area contributed by atoms with Crippen LogP contribution in [0.2, 0.25) is 0 Å². The Bertz CT molecular complexity index is 234. The minimum Gasteiger partial charge on any atom is -0.463 e. The van der Waals surface area contributed by atoms with Gasteiger partial charge in [-0.05, 0) is 19.8 Å². The van der Waals surface area contributed by atoms with E-state index in [9.17, 15) is 14.0 Å². The van der Waals surface area contributed by atoms with E-state index in [1.807, 2.05) is 0 Å². The number of ketones is 1. The SMILES string of the molecule is CCOC(=O)C(F)C(=O)C1CCCCC1. The predicted octanol–water partition coefficient (Wildman–Crippen LogP) is 2.04. The van der Waals surface area contributed by atoms with Gasteiger partial charge in [0.25, 0.3) is 6.17 Å². The van der Waals surface area contributed by atoms with Gasteiger partial charge in [-0.2, -0.15) is 0 Å². The summed E-state index contributed by atoms with van der Waals surface area (Å²) >= 11 is 0. The fourth-order valence-corrected chi connectivity index (χ4v) is 1.93. The summed E-state index contributed by atoms with van der Waals surface area (Å²) in [6.07, 6.45) is 2.34. The molecule has 1 atom stereocenters. The molecule has 4 heteroatoms. The maximum atomic E-state index is 13.3. The van der Waals surface area contributed by atoms with Gasteiger partial charge in [-0.15, -0.1) is 0 Å². The summed E-state index contributed by atoms with van der Waals surface area (Å²) in [6.45, 7) is 1.70. The van der Waals surface area contributed by atoms with E-state index in [2.05, 4.69) is 4.74 Å². The Labute approximate surface area is 89.0 Å². The van der Waals surface area contributed by atoms with E-state index in [0.717, 1.165) is 19.3 Å². The molecule has 1 fully saturated rings. The third-order valence-electron chi connectivity index (χ3n) is 2.75. The molecule has 0 aromatic carbocycles.